The third-order valence-corrected chi connectivity index (χ3v) is 4.87. The van der Waals surface area contributed by atoms with Crippen molar-refractivity contribution in [2.75, 3.05) is 31.7 Å². The van der Waals surface area contributed by atoms with Crippen LogP contribution < -0.4 is 20.1 Å². The molecule has 8 heteroatoms. The maximum absolute atomic E-state index is 12.4. The lowest BCUT2D eigenvalue weighted by atomic mass is 10.1. The van der Waals surface area contributed by atoms with Crippen LogP contribution in [0.1, 0.15) is 25.3 Å². The number of benzene rings is 2. The molecule has 2 aromatic rings. The number of hydrogen-bond donors (Lipinski definition) is 2. The summed E-state index contributed by atoms with van der Waals surface area (Å²) < 4.78 is 16.8. The zero-order chi connectivity index (χ0) is 23.5. The van der Waals surface area contributed by atoms with E-state index in [9.17, 15) is 14.9 Å². The number of nitrogens with zero attached hydrogens (tertiary/aromatic N) is 1. The summed E-state index contributed by atoms with van der Waals surface area (Å²) in [6.07, 6.45) is 3.35. The van der Waals surface area contributed by atoms with Gasteiger partial charge in [0.05, 0.1) is 12.7 Å². The number of nitrogens with one attached hydrogen (secondary N) is 2. The lowest BCUT2D eigenvalue weighted by molar-refractivity contribution is -0.118. The summed E-state index contributed by atoms with van der Waals surface area (Å²) >= 11 is 0. The predicted molar refractivity (Wildman–Crippen MR) is 124 cm³/mol. The van der Waals surface area contributed by atoms with Crippen molar-refractivity contribution < 1.29 is 23.8 Å². The third kappa shape index (κ3) is 7.37. The predicted octanol–water partition coefficient (Wildman–Crippen LogP) is 3.30. The van der Waals surface area contributed by atoms with Crippen LogP contribution in [0.3, 0.4) is 0 Å². The van der Waals surface area contributed by atoms with E-state index in [4.69, 9.17) is 14.2 Å². The zero-order valence-electron chi connectivity index (χ0n) is 18.5. The molecule has 0 bridgehead atoms. The van der Waals surface area contributed by atoms with Gasteiger partial charge in [0.1, 0.15) is 11.6 Å². The van der Waals surface area contributed by atoms with Crippen molar-refractivity contribution in [1.29, 1.82) is 5.26 Å². The number of carbonyl (C=O) groups is 2. The number of rotatable bonds is 10. The second kappa shape index (κ2) is 12.3. The summed E-state index contributed by atoms with van der Waals surface area (Å²) in [5.41, 5.74) is 1.26. The smallest absolute Gasteiger partial charge is 0.262 e. The Morgan fingerprint density at radius 3 is 2.70 bits per heavy atom. The molecule has 1 fully saturated rings. The van der Waals surface area contributed by atoms with E-state index in [2.05, 4.69) is 10.6 Å². The molecule has 3 rings (SSSR count). The standard InChI is InChI=1S/C25H27N3O5/c1-2-31-23-14-18(13-19(15-26)25(30)27-16-21-9-6-12-32-21)10-11-22(23)33-17-24(29)28-20-7-4-3-5-8-20/h3-5,7-8,10-11,13-14,21H,2,6,9,12,16-17H2,1H3,(H,27,30)(H,28,29). The number of anilines is 1. The Hall–Kier alpha value is -3.83. The van der Waals surface area contributed by atoms with Gasteiger partial charge in [-0.3, -0.25) is 9.59 Å². The number of amides is 2. The van der Waals surface area contributed by atoms with Crippen molar-refractivity contribution in [2.24, 2.45) is 0 Å². The van der Waals surface area contributed by atoms with Gasteiger partial charge in [0.2, 0.25) is 0 Å². The van der Waals surface area contributed by atoms with Crippen molar-refractivity contribution in [3.63, 3.8) is 0 Å². The molecule has 2 N–H and O–H groups in total. The highest BCUT2D eigenvalue weighted by molar-refractivity contribution is 6.01. The summed E-state index contributed by atoms with van der Waals surface area (Å²) in [6.45, 7) is 3.09. The molecule has 0 radical (unpaired) electrons. The van der Waals surface area contributed by atoms with Crippen LogP contribution in [-0.2, 0) is 14.3 Å². The Bertz CT molecular complexity index is 1020. The van der Waals surface area contributed by atoms with Crippen LogP contribution in [0, 0.1) is 11.3 Å². The monoisotopic (exact) mass is 449 g/mol. The van der Waals surface area contributed by atoms with Gasteiger partial charge in [0, 0.05) is 18.8 Å². The van der Waals surface area contributed by atoms with Crippen LogP contribution in [0.4, 0.5) is 5.69 Å². The van der Waals surface area contributed by atoms with Crippen molar-refractivity contribution in [3.05, 3.63) is 59.7 Å². The topological polar surface area (TPSA) is 110 Å². The van der Waals surface area contributed by atoms with E-state index >= 15 is 0 Å². The van der Waals surface area contributed by atoms with Crippen LogP contribution in [0.25, 0.3) is 6.08 Å². The third-order valence-electron chi connectivity index (χ3n) is 4.87. The van der Waals surface area contributed by atoms with Gasteiger partial charge in [0.15, 0.2) is 18.1 Å². The summed E-state index contributed by atoms with van der Waals surface area (Å²) in [7, 11) is 0. The minimum atomic E-state index is -0.455. The molecule has 172 valence electrons. The first-order chi connectivity index (χ1) is 16.1. The highest BCUT2D eigenvalue weighted by atomic mass is 16.5. The number of para-hydroxylation sites is 1. The van der Waals surface area contributed by atoms with E-state index in [0.717, 1.165) is 12.8 Å². The van der Waals surface area contributed by atoms with Gasteiger partial charge in [-0.25, -0.2) is 0 Å². The Morgan fingerprint density at radius 2 is 2.00 bits per heavy atom. The highest BCUT2D eigenvalue weighted by Crippen LogP contribution is 2.29. The molecule has 0 aliphatic carbocycles. The van der Waals surface area contributed by atoms with Crippen LogP contribution in [0.5, 0.6) is 11.5 Å². The van der Waals surface area contributed by atoms with Crippen LogP contribution in [0.15, 0.2) is 54.1 Å². The summed E-state index contributed by atoms with van der Waals surface area (Å²) in [4.78, 5) is 24.5. The van der Waals surface area contributed by atoms with Crippen LogP contribution >= 0.6 is 0 Å². The molecule has 1 aliphatic rings. The van der Waals surface area contributed by atoms with Gasteiger partial charge in [0.25, 0.3) is 11.8 Å². The highest BCUT2D eigenvalue weighted by Gasteiger charge is 2.18. The van der Waals surface area contributed by atoms with Gasteiger partial charge in [-0.1, -0.05) is 24.3 Å². The average molecular weight is 450 g/mol. The first-order valence-corrected chi connectivity index (χ1v) is 10.8. The molecule has 0 spiro atoms. The first-order valence-electron chi connectivity index (χ1n) is 10.8. The molecule has 1 saturated heterocycles. The lowest BCUT2D eigenvalue weighted by Gasteiger charge is -2.13. The molecule has 33 heavy (non-hydrogen) atoms. The maximum atomic E-state index is 12.4. The largest absolute Gasteiger partial charge is 0.490 e. The fraction of sp³-hybridized carbons (Fsp3) is 0.320. The molecule has 8 nitrogen and oxygen atoms in total. The first kappa shape index (κ1) is 23.8. The minimum Gasteiger partial charge on any atom is -0.490 e. The molecule has 1 atom stereocenters. The van der Waals surface area contributed by atoms with Crippen molar-refractivity contribution in [2.45, 2.75) is 25.9 Å². The Kier molecular flexibility index (Phi) is 8.86. The molecule has 1 aliphatic heterocycles. The van der Waals surface area contributed by atoms with Crippen molar-refractivity contribution >= 4 is 23.6 Å². The second-order valence-electron chi connectivity index (χ2n) is 7.36. The molecule has 1 heterocycles. The normalized spacial score (nSPS) is 15.4. The van der Waals surface area contributed by atoms with E-state index in [0.29, 0.717) is 42.5 Å². The Morgan fingerprint density at radius 1 is 1.18 bits per heavy atom. The fourth-order valence-electron chi connectivity index (χ4n) is 3.29. The molecule has 0 saturated carbocycles. The van der Waals surface area contributed by atoms with Gasteiger partial charge in [-0.15, -0.1) is 0 Å². The number of ether oxygens (including phenoxy) is 3. The van der Waals surface area contributed by atoms with E-state index in [1.54, 1.807) is 30.3 Å². The minimum absolute atomic E-state index is 0.00558. The van der Waals surface area contributed by atoms with Crippen molar-refractivity contribution in [1.82, 2.24) is 5.32 Å². The van der Waals surface area contributed by atoms with Gasteiger partial charge >= 0.3 is 0 Å². The average Bonchev–Trinajstić information content (AvgIpc) is 3.35. The molecule has 1 unspecified atom stereocenters. The second-order valence-corrected chi connectivity index (χ2v) is 7.36. The lowest BCUT2D eigenvalue weighted by Crippen LogP contribution is -2.32. The molecular weight excluding hydrogens is 422 g/mol. The molecule has 2 aromatic carbocycles. The van der Waals surface area contributed by atoms with E-state index in [1.165, 1.54) is 6.08 Å². The molecular formula is C25H27N3O5. The van der Waals surface area contributed by atoms with Gasteiger partial charge in [-0.2, -0.15) is 5.26 Å². The van der Waals surface area contributed by atoms with E-state index < -0.39 is 5.91 Å². The number of carbonyl (C=O) groups excluding carboxylic acids is 2. The van der Waals surface area contributed by atoms with E-state index in [1.807, 2.05) is 31.2 Å². The number of nitriles is 1. The molecule has 2 amide bonds. The van der Waals surface area contributed by atoms with Crippen LogP contribution in [-0.4, -0.2) is 44.3 Å². The summed E-state index contributed by atoms with van der Waals surface area (Å²) in [5, 5.41) is 14.9. The Labute approximate surface area is 193 Å². The molecule has 0 aromatic heterocycles. The quantitative estimate of drug-likeness (QED) is 0.425. The maximum Gasteiger partial charge on any atom is 0.262 e. The Balaban J connectivity index is 1.64. The fourth-order valence-corrected chi connectivity index (χ4v) is 3.29. The van der Waals surface area contributed by atoms with Gasteiger partial charge in [-0.05, 0) is 55.7 Å². The van der Waals surface area contributed by atoms with Crippen molar-refractivity contribution in [3.8, 4) is 17.6 Å². The SMILES string of the molecule is CCOc1cc(C=C(C#N)C(=O)NCC2CCCO2)ccc1OCC(=O)Nc1ccccc1. The zero-order valence-corrected chi connectivity index (χ0v) is 18.5. The summed E-state index contributed by atoms with van der Waals surface area (Å²) in [6, 6.07) is 16.0. The van der Waals surface area contributed by atoms with Gasteiger partial charge < -0.3 is 24.8 Å². The summed E-state index contributed by atoms with van der Waals surface area (Å²) in [5.74, 6) is 0.0422. The van der Waals surface area contributed by atoms with E-state index in [-0.39, 0.29) is 24.2 Å². The number of hydrogen-bond acceptors (Lipinski definition) is 6. The van der Waals surface area contributed by atoms with Crippen LogP contribution in [0.2, 0.25) is 0 Å².